The number of hydrogen-bond acceptors (Lipinski definition) is 7. The van der Waals surface area contributed by atoms with E-state index in [2.05, 4.69) is 5.32 Å². The third-order valence-electron chi connectivity index (χ3n) is 5.42. The first-order chi connectivity index (χ1) is 15.7. The van der Waals surface area contributed by atoms with Gasteiger partial charge in [0.05, 0.1) is 19.2 Å². The summed E-state index contributed by atoms with van der Waals surface area (Å²) in [6, 6.07) is 19.1. The van der Waals surface area contributed by atoms with Crippen molar-refractivity contribution < 1.29 is 28.5 Å². The van der Waals surface area contributed by atoms with Gasteiger partial charge in [0.1, 0.15) is 24.4 Å². The molecule has 0 bridgehead atoms. The maximum atomic E-state index is 12.0. The molecule has 32 heavy (non-hydrogen) atoms. The van der Waals surface area contributed by atoms with Crippen molar-refractivity contribution in [2.75, 3.05) is 18.8 Å². The number of benzene rings is 2. The zero-order valence-corrected chi connectivity index (χ0v) is 19.0. The summed E-state index contributed by atoms with van der Waals surface area (Å²) in [6.07, 6.45) is -0.525. The van der Waals surface area contributed by atoms with Crippen molar-refractivity contribution in [2.24, 2.45) is 0 Å². The summed E-state index contributed by atoms with van der Waals surface area (Å²) < 4.78 is 30.8. The van der Waals surface area contributed by atoms with Gasteiger partial charge in [-0.15, -0.1) is 11.8 Å². The minimum Gasteiger partial charge on any atom is -0.362 e. The van der Waals surface area contributed by atoms with Crippen LogP contribution in [-0.2, 0) is 35.1 Å². The average molecular weight is 460 g/mol. The number of nitrogens with one attached hydrogen (secondary N) is 1. The van der Waals surface area contributed by atoms with E-state index in [-0.39, 0.29) is 12.0 Å². The van der Waals surface area contributed by atoms with Crippen molar-refractivity contribution in [3.8, 4) is 0 Å². The number of fused-ring (bicyclic) bond motifs is 1. The van der Waals surface area contributed by atoms with Crippen LogP contribution in [0.15, 0.2) is 60.7 Å². The third-order valence-corrected chi connectivity index (χ3v) is 5.79. The average Bonchev–Trinajstić information content (AvgIpc) is 2.82. The Balaban J connectivity index is 1.54. The van der Waals surface area contributed by atoms with Gasteiger partial charge in [-0.25, -0.2) is 0 Å². The second-order valence-corrected chi connectivity index (χ2v) is 8.59. The quantitative estimate of drug-likeness (QED) is 0.608. The van der Waals surface area contributed by atoms with Crippen molar-refractivity contribution in [3.63, 3.8) is 0 Å². The second-order valence-electron chi connectivity index (χ2n) is 7.78. The Morgan fingerprint density at radius 3 is 2.47 bits per heavy atom. The van der Waals surface area contributed by atoms with E-state index < -0.39 is 30.8 Å². The highest BCUT2D eigenvalue weighted by Crippen LogP contribution is 2.36. The van der Waals surface area contributed by atoms with Crippen molar-refractivity contribution >= 4 is 17.7 Å². The first-order valence-corrected chi connectivity index (χ1v) is 12.1. The Morgan fingerprint density at radius 1 is 1.06 bits per heavy atom. The maximum absolute atomic E-state index is 12.0. The van der Waals surface area contributed by atoms with E-state index >= 15 is 0 Å². The molecular formula is C24H29NO6S. The van der Waals surface area contributed by atoms with Crippen LogP contribution < -0.4 is 5.32 Å². The summed E-state index contributed by atoms with van der Waals surface area (Å²) in [4.78, 5) is 12.0. The van der Waals surface area contributed by atoms with E-state index in [1.54, 1.807) is 11.8 Å². The Morgan fingerprint density at radius 2 is 1.78 bits per heavy atom. The van der Waals surface area contributed by atoms with Gasteiger partial charge in [0, 0.05) is 12.5 Å². The fourth-order valence-corrected chi connectivity index (χ4v) is 4.27. The zero-order chi connectivity index (χ0) is 22.3. The van der Waals surface area contributed by atoms with E-state index in [4.69, 9.17) is 23.7 Å². The molecule has 2 aromatic rings. The maximum Gasteiger partial charge on any atom is 0.217 e. The number of carbonyl (C=O) groups excluding carboxylic acids is 1. The van der Waals surface area contributed by atoms with Gasteiger partial charge >= 0.3 is 0 Å². The molecule has 2 saturated heterocycles. The molecular weight excluding hydrogens is 430 g/mol. The van der Waals surface area contributed by atoms with Crippen LogP contribution in [0.4, 0.5) is 0 Å². The lowest BCUT2D eigenvalue weighted by atomic mass is 9.95. The van der Waals surface area contributed by atoms with Crippen molar-refractivity contribution in [1.29, 1.82) is 0 Å². The van der Waals surface area contributed by atoms with E-state index in [9.17, 15) is 4.79 Å². The third kappa shape index (κ3) is 5.70. The van der Waals surface area contributed by atoms with Crippen LogP contribution in [0.3, 0.4) is 0 Å². The Labute approximate surface area is 192 Å². The summed E-state index contributed by atoms with van der Waals surface area (Å²) in [7, 11) is 0. The molecule has 4 rings (SSSR count). The number of thioether (sulfide) groups is 1. The van der Waals surface area contributed by atoms with E-state index in [1.807, 2.05) is 66.9 Å². The molecule has 8 heteroatoms. The molecule has 6 atom stereocenters. The van der Waals surface area contributed by atoms with Crippen LogP contribution in [0.25, 0.3) is 0 Å². The van der Waals surface area contributed by atoms with E-state index in [1.165, 1.54) is 6.92 Å². The number of ether oxygens (including phenoxy) is 5. The minimum atomic E-state index is -0.701. The number of rotatable bonds is 8. The standard InChI is InChI=1S/C24H29NO6S/c1-16(26)25-20-22(29-15-32-2)21-19(14-28-23(31-21)18-11-7-4-8-12-18)30-24(20)27-13-17-9-5-3-6-10-17/h3-12,19-24H,13-15H2,1-2H3,(H,25,26)/t19-,20-,21-,22+,23-,24+/m0/s1. The lowest BCUT2D eigenvalue weighted by molar-refractivity contribution is -0.348. The van der Waals surface area contributed by atoms with Gasteiger partial charge in [-0.05, 0) is 11.8 Å². The molecule has 1 N–H and O–H groups in total. The normalized spacial score (nSPS) is 29.8. The molecule has 2 fully saturated rings. The molecule has 0 aromatic heterocycles. The van der Waals surface area contributed by atoms with Crippen LogP contribution in [0.5, 0.6) is 0 Å². The van der Waals surface area contributed by atoms with Gasteiger partial charge < -0.3 is 29.0 Å². The first kappa shape index (κ1) is 23.2. The van der Waals surface area contributed by atoms with Crippen LogP contribution in [0, 0.1) is 0 Å². The summed E-state index contributed by atoms with van der Waals surface area (Å²) in [6.45, 7) is 2.16. The van der Waals surface area contributed by atoms with Crippen molar-refractivity contribution in [2.45, 2.75) is 50.5 Å². The minimum absolute atomic E-state index is 0.185. The molecule has 1 amide bonds. The molecule has 0 aliphatic carbocycles. The number of carbonyl (C=O) groups is 1. The molecule has 0 radical (unpaired) electrons. The van der Waals surface area contributed by atoms with Crippen molar-refractivity contribution in [1.82, 2.24) is 5.32 Å². The first-order valence-electron chi connectivity index (χ1n) is 10.7. The van der Waals surface area contributed by atoms with Crippen LogP contribution >= 0.6 is 11.8 Å². The van der Waals surface area contributed by atoms with Crippen LogP contribution in [0.2, 0.25) is 0 Å². The largest absolute Gasteiger partial charge is 0.362 e. The van der Waals surface area contributed by atoms with Gasteiger partial charge in [0.15, 0.2) is 12.6 Å². The molecule has 2 aliphatic rings. The highest BCUT2D eigenvalue weighted by atomic mass is 32.2. The Hall–Kier alpha value is -1.94. The van der Waals surface area contributed by atoms with Gasteiger partial charge in [-0.2, -0.15) is 0 Å². The zero-order valence-electron chi connectivity index (χ0n) is 18.2. The molecule has 2 aliphatic heterocycles. The molecule has 0 saturated carbocycles. The lowest BCUT2D eigenvalue weighted by Gasteiger charge is -2.49. The van der Waals surface area contributed by atoms with E-state index in [0.717, 1.165) is 11.1 Å². The SMILES string of the molecule is CSCO[C@@H]1[C@H](NC(C)=O)[C@H](OCc2ccccc2)O[C@H]2CO[C@H](c3ccccc3)O[C@H]12. The van der Waals surface area contributed by atoms with Crippen LogP contribution in [0.1, 0.15) is 24.3 Å². The van der Waals surface area contributed by atoms with Gasteiger partial charge in [-0.3, -0.25) is 4.79 Å². The second kappa shape index (κ2) is 11.3. The predicted octanol–water partition coefficient (Wildman–Crippen LogP) is 3.25. The molecule has 0 unspecified atom stereocenters. The predicted molar refractivity (Wildman–Crippen MR) is 121 cm³/mol. The van der Waals surface area contributed by atoms with Crippen molar-refractivity contribution in [3.05, 3.63) is 71.8 Å². The summed E-state index contributed by atoms with van der Waals surface area (Å²) in [5.41, 5.74) is 1.94. The van der Waals surface area contributed by atoms with Gasteiger partial charge in [0.25, 0.3) is 0 Å². The molecule has 0 spiro atoms. The highest BCUT2D eigenvalue weighted by molar-refractivity contribution is 7.98. The lowest BCUT2D eigenvalue weighted by Crippen LogP contribution is -2.67. The smallest absolute Gasteiger partial charge is 0.217 e. The Kier molecular flexibility index (Phi) is 8.18. The molecule has 2 aromatic carbocycles. The van der Waals surface area contributed by atoms with Crippen LogP contribution in [-0.4, -0.2) is 55.4 Å². The van der Waals surface area contributed by atoms with Gasteiger partial charge in [-0.1, -0.05) is 60.7 Å². The highest BCUT2D eigenvalue weighted by Gasteiger charge is 2.51. The molecule has 7 nitrogen and oxygen atoms in total. The summed E-state index contributed by atoms with van der Waals surface area (Å²) >= 11 is 1.56. The summed E-state index contributed by atoms with van der Waals surface area (Å²) in [5.74, 6) is 0.269. The van der Waals surface area contributed by atoms with E-state index in [0.29, 0.717) is 19.2 Å². The number of amides is 1. The fraction of sp³-hybridized carbons (Fsp3) is 0.458. The molecule has 172 valence electrons. The number of hydrogen-bond donors (Lipinski definition) is 1. The van der Waals surface area contributed by atoms with Gasteiger partial charge in [0.2, 0.25) is 5.91 Å². The molecule has 2 heterocycles. The monoisotopic (exact) mass is 459 g/mol. The Bertz CT molecular complexity index is 854. The fourth-order valence-electron chi connectivity index (χ4n) is 3.98. The summed E-state index contributed by atoms with van der Waals surface area (Å²) in [5, 5.41) is 2.97. The topological polar surface area (TPSA) is 75.3 Å².